The van der Waals surface area contributed by atoms with Crippen molar-refractivity contribution in [2.75, 3.05) is 19.1 Å². The van der Waals surface area contributed by atoms with E-state index in [1.54, 1.807) is 74.9 Å². The minimum Gasteiger partial charge on any atom is -0.493 e. The summed E-state index contributed by atoms with van der Waals surface area (Å²) in [6.07, 6.45) is -0.368. The maximum absolute atomic E-state index is 13.4. The molecule has 1 heterocycles. The number of benzene rings is 3. The molecule has 1 amide bonds. The van der Waals surface area contributed by atoms with Gasteiger partial charge in [-0.1, -0.05) is 35.9 Å². The standard InChI is InChI=1S/C25H22ClNO5/c1-31-22-12-7-16(13-23(22)32-2)15-27-20-6-4-3-5-19(20)25(30,24(27)29)14-21(28)17-8-10-18(26)11-9-17/h3-13,30H,14-15H2,1-2H3/t25-/m1/s1. The van der Waals surface area contributed by atoms with Crippen molar-refractivity contribution in [1.29, 1.82) is 0 Å². The minimum absolute atomic E-state index is 0.202. The van der Waals surface area contributed by atoms with Gasteiger partial charge in [-0.2, -0.15) is 0 Å². The van der Waals surface area contributed by atoms with Crippen LogP contribution in [0.2, 0.25) is 5.02 Å². The van der Waals surface area contributed by atoms with Crippen LogP contribution < -0.4 is 14.4 Å². The number of carbonyl (C=O) groups is 2. The number of amides is 1. The molecular weight excluding hydrogens is 430 g/mol. The third-order valence-corrected chi connectivity index (χ3v) is 5.86. The molecule has 1 aliphatic heterocycles. The third kappa shape index (κ3) is 3.83. The molecule has 0 bridgehead atoms. The van der Waals surface area contributed by atoms with E-state index in [1.165, 1.54) is 4.90 Å². The van der Waals surface area contributed by atoms with Crippen LogP contribution in [0.15, 0.2) is 66.7 Å². The Morgan fingerprint density at radius 1 is 1.00 bits per heavy atom. The molecule has 4 rings (SSSR count). The molecule has 0 aromatic heterocycles. The van der Waals surface area contributed by atoms with Gasteiger partial charge >= 0.3 is 0 Å². The number of nitrogens with zero attached hydrogens (tertiary/aromatic N) is 1. The molecule has 164 valence electrons. The van der Waals surface area contributed by atoms with Gasteiger partial charge in [0.1, 0.15) is 0 Å². The van der Waals surface area contributed by atoms with Crippen LogP contribution in [-0.2, 0) is 16.9 Å². The molecule has 3 aromatic carbocycles. The lowest BCUT2D eigenvalue weighted by atomic mass is 9.88. The Kier molecular flexibility index (Phi) is 5.91. The summed E-state index contributed by atoms with van der Waals surface area (Å²) in [6, 6.07) is 18.7. The second-order valence-electron chi connectivity index (χ2n) is 7.56. The fourth-order valence-electron chi connectivity index (χ4n) is 3.97. The number of methoxy groups -OCH3 is 2. The second-order valence-corrected chi connectivity index (χ2v) is 8.00. The quantitative estimate of drug-likeness (QED) is 0.540. The molecule has 32 heavy (non-hydrogen) atoms. The van der Waals surface area contributed by atoms with Crippen LogP contribution in [0.5, 0.6) is 11.5 Å². The fraction of sp³-hybridized carbons (Fsp3) is 0.200. The van der Waals surface area contributed by atoms with Crippen LogP contribution in [0.4, 0.5) is 5.69 Å². The highest BCUT2D eigenvalue weighted by Gasteiger charge is 2.50. The largest absolute Gasteiger partial charge is 0.493 e. The monoisotopic (exact) mass is 451 g/mol. The van der Waals surface area contributed by atoms with Crippen LogP contribution in [0.1, 0.15) is 27.9 Å². The Hall–Kier alpha value is -3.35. The highest BCUT2D eigenvalue weighted by molar-refractivity contribution is 6.30. The van der Waals surface area contributed by atoms with Gasteiger partial charge in [-0.3, -0.25) is 9.59 Å². The molecule has 1 atom stereocenters. The van der Waals surface area contributed by atoms with E-state index in [-0.39, 0.29) is 18.7 Å². The van der Waals surface area contributed by atoms with Crippen LogP contribution in [-0.4, -0.2) is 31.0 Å². The number of para-hydroxylation sites is 1. The summed E-state index contributed by atoms with van der Waals surface area (Å²) in [5.41, 5.74) is 0.196. The van der Waals surface area contributed by atoms with Crippen molar-refractivity contribution in [3.63, 3.8) is 0 Å². The first-order chi connectivity index (χ1) is 15.4. The first-order valence-electron chi connectivity index (χ1n) is 10.0. The van der Waals surface area contributed by atoms with Gasteiger partial charge in [-0.05, 0) is 48.0 Å². The number of rotatable bonds is 7. The zero-order valence-corrected chi connectivity index (χ0v) is 18.4. The lowest BCUT2D eigenvalue weighted by Crippen LogP contribution is -2.41. The molecule has 0 aliphatic carbocycles. The van der Waals surface area contributed by atoms with Crippen LogP contribution in [0, 0.1) is 0 Å². The second kappa shape index (κ2) is 8.65. The maximum atomic E-state index is 13.4. The van der Waals surface area contributed by atoms with Gasteiger partial charge in [-0.25, -0.2) is 0 Å². The number of carbonyl (C=O) groups excluding carboxylic acids is 2. The maximum Gasteiger partial charge on any atom is 0.264 e. The minimum atomic E-state index is -1.95. The summed E-state index contributed by atoms with van der Waals surface area (Å²) in [4.78, 5) is 27.8. The number of ketones is 1. The molecule has 7 heteroatoms. The molecule has 0 fully saturated rings. The summed E-state index contributed by atoms with van der Waals surface area (Å²) >= 11 is 5.90. The number of anilines is 1. The normalized spacial score (nSPS) is 17.2. The number of fused-ring (bicyclic) bond motifs is 1. The van der Waals surface area contributed by atoms with E-state index in [1.807, 2.05) is 6.07 Å². The topological polar surface area (TPSA) is 76.1 Å². The zero-order chi connectivity index (χ0) is 22.9. The van der Waals surface area contributed by atoms with Crippen molar-refractivity contribution in [3.05, 3.63) is 88.4 Å². The molecule has 1 N–H and O–H groups in total. The zero-order valence-electron chi connectivity index (χ0n) is 17.7. The van der Waals surface area contributed by atoms with Gasteiger partial charge < -0.3 is 19.5 Å². The van der Waals surface area contributed by atoms with E-state index in [9.17, 15) is 14.7 Å². The molecule has 0 radical (unpaired) electrons. The smallest absolute Gasteiger partial charge is 0.264 e. The van der Waals surface area contributed by atoms with Crippen LogP contribution in [0.3, 0.4) is 0 Å². The van der Waals surface area contributed by atoms with Gasteiger partial charge in [0.05, 0.1) is 32.9 Å². The van der Waals surface area contributed by atoms with Gasteiger partial charge in [0.2, 0.25) is 0 Å². The van der Waals surface area contributed by atoms with Gasteiger partial charge in [-0.15, -0.1) is 0 Å². The van der Waals surface area contributed by atoms with Crippen LogP contribution >= 0.6 is 11.6 Å². The summed E-state index contributed by atoms with van der Waals surface area (Å²) in [6.45, 7) is 0.202. The Morgan fingerprint density at radius 3 is 2.38 bits per heavy atom. The number of ether oxygens (including phenoxy) is 2. The summed E-state index contributed by atoms with van der Waals surface area (Å²) < 4.78 is 10.6. The highest BCUT2D eigenvalue weighted by Crippen LogP contribution is 2.44. The van der Waals surface area contributed by atoms with E-state index in [0.29, 0.717) is 33.3 Å². The Labute approximate surface area is 191 Å². The molecule has 0 saturated carbocycles. The number of aliphatic hydroxyl groups is 1. The number of Topliss-reactive ketones (excluding diaryl/α,β-unsaturated/α-hetero) is 1. The molecule has 0 saturated heterocycles. The average molecular weight is 452 g/mol. The van der Waals surface area contributed by atoms with Crippen molar-refractivity contribution in [2.24, 2.45) is 0 Å². The average Bonchev–Trinajstić information content (AvgIpc) is 3.01. The fourth-order valence-corrected chi connectivity index (χ4v) is 4.09. The summed E-state index contributed by atoms with van der Waals surface area (Å²) in [5, 5.41) is 12.0. The van der Waals surface area contributed by atoms with E-state index >= 15 is 0 Å². The van der Waals surface area contributed by atoms with Crippen molar-refractivity contribution in [2.45, 2.75) is 18.6 Å². The number of halogens is 1. The lowest BCUT2D eigenvalue weighted by molar-refractivity contribution is -0.136. The predicted octanol–water partition coefficient (Wildman–Crippen LogP) is 4.36. The first-order valence-corrected chi connectivity index (χ1v) is 10.4. The molecule has 0 spiro atoms. The van der Waals surface area contributed by atoms with E-state index in [2.05, 4.69) is 0 Å². The Bertz CT molecular complexity index is 1180. The van der Waals surface area contributed by atoms with Crippen molar-refractivity contribution in [1.82, 2.24) is 0 Å². The van der Waals surface area contributed by atoms with Crippen molar-refractivity contribution in [3.8, 4) is 11.5 Å². The summed E-state index contributed by atoms with van der Waals surface area (Å²) in [5.74, 6) is 0.226. The van der Waals surface area contributed by atoms with Gasteiger partial charge in [0.15, 0.2) is 22.9 Å². The van der Waals surface area contributed by atoms with E-state index in [0.717, 1.165) is 5.56 Å². The number of hydrogen-bond donors (Lipinski definition) is 1. The SMILES string of the molecule is COc1ccc(CN2C(=O)[C@@](O)(CC(=O)c3ccc(Cl)cc3)c3ccccc32)cc1OC. The van der Waals surface area contributed by atoms with Gasteiger partial charge in [0, 0.05) is 16.1 Å². The molecule has 3 aromatic rings. The van der Waals surface area contributed by atoms with Crippen molar-refractivity contribution >= 4 is 29.0 Å². The molecular formula is C25H22ClNO5. The summed E-state index contributed by atoms with van der Waals surface area (Å²) in [7, 11) is 3.09. The Balaban J connectivity index is 1.66. The van der Waals surface area contributed by atoms with E-state index < -0.39 is 11.5 Å². The highest BCUT2D eigenvalue weighted by atomic mass is 35.5. The van der Waals surface area contributed by atoms with E-state index in [4.69, 9.17) is 21.1 Å². The van der Waals surface area contributed by atoms with Crippen LogP contribution in [0.25, 0.3) is 0 Å². The first kappa shape index (κ1) is 21.9. The number of hydrogen-bond acceptors (Lipinski definition) is 5. The molecule has 1 aliphatic rings. The lowest BCUT2D eigenvalue weighted by Gasteiger charge is -2.23. The third-order valence-electron chi connectivity index (χ3n) is 5.61. The predicted molar refractivity (Wildman–Crippen MR) is 121 cm³/mol. The molecule has 0 unspecified atom stereocenters. The van der Waals surface area contributed by atoms with Gasteiger partial charge in [0.25, 0.3) is 5.91 Å². The Morgan fingerprint density at radius 2 is 1.69 bits per heavy atom. The molecule has 6 nitrogen and oxygen atoms in total. The van der Waals surface area contributed by atoms with Crippen molar-refractivity contribution < 1.29 is 24.2 Å².